The first-order chi connectivity index (χ1) is 7.18. The van der Waals surface area contributed by atoms with Gasteiger partial charge >= 0.3 is 0 Å². The molecule has 2 aromatic rings. The molecule has 1 aromatic heterocycles. The Morgan fingerprint density at radius 3 is 2.80 bits per heavy atom. The summed E-state index contributed by atoms with van der Waals surface area (Å²) < 4.78 is 0.559. The van der Waals surface area contributed by atoms with Crippen LogP contribution in [0.3, 0.4) is 0 Å². The van der Waals surface area contributed by atoms with Gasteiger partial charge in [0.25, 0.3) is 0 Å². The normalized spacial score (nSPS) is 10.3. The molecule has 0 fully saturated rings. The van der Waals surface area contributed by atoms with Crippen LogP contribution in [0.15, 0.2) is 30.5 Å². The van der Waals surface area contributed by atoms with Gasteiger partial charge in [0.05, 0.1) is 16.2 Å². The predicted molar refractivity (Wildman–Crippen MR) is 64.9 cm³/mol. The molecule has 0 bridgehead atoms. The first-order valence-corrected chi connectivity index (χ1v) is 5.34. The topological polar surface area (TPSA) is 28.7 Å². The summed E-state index contributed by atoms with van der Waals surface area (Å²) in [5.74, 6) is 0. The van der Waals surface area contributed by atoms with Crippen molar-refractivity contribution in [2.45, 2.75) is 0 Å². The summed E-state index contributed by atoms with van der Waals surface area (Å²) in [7, 11) is 0. The molecule has 0 radical (unpaired) electrons. The van der Waals surface area contributed by atoms with Crippen LogP contribution in [0.2, 0.25) is 10.0 Å². The zero-order valence-electron chi connectivity index (χ0n) is 7.50. The van der Waals surface area contributed by atoms with Gasteiger partial charge in [-0.2, -0.15) is 5.10 Å². The van der Waals surface area contributed by atoms with Crippen LogP contribution in [0.25, 0.3) is 11.1 Å². The second-order valence-corrected chi connectivity index (χ2v) is 4.16. The molecule has 2 nitrogen and oxygen atoms in total. The monoisotopic (exact) mass is 256 g/mol. The number of hydrogen-bond acceptors (Lipinski definition) is 2. The van der Waals surface area contributed by atoms with E-state index in [1.54, 1.807) is 18.3 Å². The molecular weight excluding hydrogens is 251 g/mol. The first kappa shape index (κ1) is 10.6. The molecular formula is C10H6Cl2N2S. The number of H-pyrrole nitrogens is 1. The molecule has 0 aliphatic rings. The van der Waals surface area contributed by atoms with Gasteiger partial charge in [0.15, 0.2) is 0 Å². The number of nitrogens with one attached hydrogen (secondary N) is 1. The number of rotatable bonds is 1. The third kappa shape index (κ3) is 2.20. The van der Waals surface area contributed by atoms with Crippen molar-refractivity contribution in [3.63, 3.8) is 0 Å². The highest BCUT2D eigenvalue weighted by molar-refractivity contribution is 7.71. The van der Waals surface area contributed by atoms with E-state index in [0.717, 1.165) is 11.1 Å². The van der Waals surface area contributed by atoms with Crippen LogP contribution >= 0.6 is 35.4 Å². The Labute approximate surface area is 102 Å². The molecule has 1 aromatic carbocycles. The Balaban J connectivity index is 2.64. The molecule has 5 heteroatoms. The van der Waals surface area contributed by atoms with Gasteiger partial charge in [0, 0.05) is 11.1 Å². The van der Waals surface area contributed by atoms with Crippen molar-refractivity contribution >= 4 is 35.4 Å². The van der Waals surface area contributed by atoms with E-state index in [4.69, 9.17) is 35.4 Å². The maximum Gasteiger partial charge on any atom is 0.120 e. The molecule has 1 N–H and O–H groups in total. The summed E-state index contributed by atoms with van der Waals surface area (Å²) in [6.07, 6.45) is 1.66. The third-order valence-corrected chi connectivity index (χ3v) is 2.96. The van der Waals surface area contributed by atoms with Crippen molar-refractivity contribution < 1.29 is 0 Å². The summed E-state index contributed by atoms with van der Waals surface area (Å²) in [4.78, 5) is 0. The minimum absolute atomic E-state index is 0.515. The summed E-state index contributed by atoms with van der Waals surface area (Å²) in [5, 5.41) is 7.60. The Bertz CT molecular complexity index is 551. The van der Waals surface area contributed by atoms with Crippen molar-refractivity contribution in [1.82, 2.24) is 10.2 Å². The van der Waals surface area contributed by atoms with Gasteiger partial charge in [-0.3, -0.25) is 5.10 Å². The smallest absolute Gasteiger partial charge is 0.120 e. The second kappa shape index (κ2) is 4.31. The second-order valence-electron chi connectivity index (χ2n) is 2.94. The lowest BCUT2D eigenvalue weighted by Gasteiger charge is -2.04. The Morgan fingerprint density at radius 2 is 2.07 bits per heavy atom. The van der Waals surface area contributed by atoms with Crippen molar-refractivity contribution in [1.29, 1.82) is 0 Å². The average molecular weight is 257 g/mol. The lowest BCUT2D eigenvalue weighted by atomic mass is 10.1. The number of hydrogen-bond donors (Lipinski definition) is 1. The Kier molecular flexibility index (Phi) is 3.05. The number of aromatic nitrogens is 2. The van der Waals surface area contributed by atoms with Gasteiger partial charge in [-0.05, 0) is 12.1 Å². The number of halogens is 2. The van der Waals surface area contributed by atoms with Gasteiger partial charge in [0.2, 0.25) is 0 Å². The number of benzene rings is 1. The van der Waals surface area contributed by atoms with E-state index in [2.05, 4.69) is 10.2 Å². The van der Waals surface area contributed by atoms with Crippen molar-refractivity contribution in [2.75, 3.05) is 0 Å². The van der Waals surface area contributed by atoms with Crippen LogP contribution in [0.1, 0.15) is 0 Å². The van der Waals surface area contributed by atoms with E-state index in [1.807, 2.05) is 12.1 Å². The van der Waals surface area contributed by atoms with E-state index in [9.17, 15) is 0 Å². The van der Waals surface area contributed by atoms with Gasteiger partial charge in [0.1, 0.15) is 4.64 Å². The van der Waals surface area contributed by atoms with Crippen LogP contribution < -0.4 is 0 Å². The maximum atomic E-state index is 6.08. The molecule has 76 valence electrons. The van der Waals surface area contributed by atoms with Crippen molar-refractivity contribution in [3.05, 3.63) is 45.1 Å². The molecule has 0 atom stereocenters. The maximum absolute atomic E-state index is 6.08. The van der Waals surface area contributed by atoms with E-state index < -0.39 is 0 Å². The minimum Gasteiger partial charge on any atom is -0.268 e. The SMILES string of the molecule is S=c1cc(-c2cccc(Cl)c2Cl)cn[nH]1. The van der Waals surface area contributed by atoms with E-state index in [0.29, 0.717) is 14.7 Å². The van der Waals surface area contributed by atoms with E-state index in [1.165, 1.54) is 0 Å². The first-order valence-electron chi connectivity index (χ1n) is 4.17. The van der Waals surface area contributed by atoms with Gasteiger partial charge in [-0.25, -0.2) is 0 Å². The highest BCUT2D eigenvalue weighted by atomic mass is 35.5. The summed E-state index contributed by atoms with van der Waals surface area (Å²) in [6, 6.07) is 7.24. The van der Waals surface area contributed by atoms with Crippen LogP contribution in [-0.2, 0) is 0 Å². The van der Waals surface area contributed by atoms with Crippen LogP contribution in [0, 0.1) is 4.64 Å². The largest absolute Gasteiger partial charge is 0.268 e. The predicted octanol–water partition coefficient (Wildman–Crippen LogP) is 4.11. The Morgan fingerprint density at radius 1 is 1.27 bits per heavy atom. The molecule has 15 heavy (non-hydrogen) atoms. The van der Waals surface area contributed by atoms with Gasteiger partial charge in [-0.1, -0.05) is 47.6 Å². The number of nitrogens with zero attached hydrogens (tertiary/aromatic N) is 1. The molecule has 0 saturated heterocycles. The quantitative estimate of drug-likeness (QED) is 0.778. The minimum atomic E-state index is 0.515. The molecule has 2 rings (SSSR count). The van der Waals surface area contributed by atoms with Crippen LogP contribution in [0.5, 0.6) is 0 Å². The lowest BCUT2D eigenvalue weighted by Crippen LogP contribution is -1.85. The molecule has 0 unspecified atom stereocenters. The standard InChI is InChI=1S/C10H6Cl2N2S/c11-8-3-1-2-7(10(8)12)6-4-9(15)14-13-5-6/h1-5H,(H,14,15). The third-order valence-electron chi connectivity index (χ3n) is 1.93. The fourth-order valence-electron chi connectivity index (χ4n) is 1.25. The molecule has 0 aliphatic carbocycles. The molecule has 1 heterocycles. The van der Waals surface area contributed by atoms with E-state index in [-0.39, 0.29) is 0 Å². The fourth-order valence-corrected chi connectivity index (χ4v) is 1.84. The zero-order valence-corrected chi connectivity index (χ0v) is 9.83. The fraction of sp³-hybridized carbons (Fsp3) is 0. The Hall–Kier alpha value is -0.900. The number of aromatic amines is 1. The van der Waals surface area contributed by atoms with Crippen molar-refractivity contribution in [2.24, 2.45) is 0 Å². The summed E-state index contributed by atoms with van der Waals surface area (Å²) in [5.41, 5.74) is 1.68. The van der Waals surface area contributed by atoms with Gasteiger partial charge in [-0.15, -0.1) is 0 Å². The highest BCUT2D eigenvalue weighted by Crippen LogP contribution is 2.32. The molecule has 0 aliphatic heterocycles. The molecule has 0 spiro atoms. The highest BCUT2D eigenvalue weighted by Gasteiger charge is 2.06. The van der Waals surface area contributed by atoms with Crippen molar-refractivity contribution in [3.8, 4) is 11.1 Å². The molecule has 0 amide bonds. The zero-order chi connectivity index (χ0) is 10.8. The van der Waals surface area contributed by atoms with Crippen LogP contribution in [0.4, 0.5) is 0 Å². The lowest BCUT2D eigenvalue weighted by molar-refractivity contribution is 1.02. The van der Waals surface area contributed by atoms with Crippen LogP contribution in [-0.4, -0.2) is 10.2 Å². The van der Waals surface area contributed by atoms with E-state index >= 15 is 0 Å². The summed E-state index contributed by atoms with van der Waals surface area (Å²) in [6.45, 7) is 0. The van der Waals surface area contributed by atoms with Gasteiger partial charge < -0.3 is 0 Å². The average Bonchev–Trinajstić information content (AvgIpc) is 2.22. The summed E-state index contributed by atoms with van der Waals surface area (Å²) >= 11 is 17.0. The molecule has 0 saturated carbocycles.